The number of nitrogens with zero attached hydrogens (tertiary/aromatic N) is 1. The topological polar surface area (TPSA) is 66.5 Å². The van der Waals surface area contributed by atoms with Crippen LogP contribution in [0.25, 0.3) is 10.8 Å². The fourth-order valence-electron chi connectivity index (χ4n) is 4.51. The number of imide groups is 1. The first-order valence-corrected chi connectivity index (χ1v) is 14.2. The Bertz CT molecular complexity index is 1430. The van der Waals surface area contributed by atoms with Gasteiger partial charge < -0.3 is 0 Å². The van der Waals surface area contributed by atoms with E-state index >= 15 is 0 Å². The van der Waals surface area contributed by atoms with Gasteiger partial charge in [-0.05, 0) is 0 Å². The summed E-state index contributed by atoms with van der Waals surface area (Å²) in [6.45, 7) is 2.96. The monoisotopic (exact) mass is 530 g/mol. The summed E-state index contributed by atoms with van der Waals surface area (Å²) in [5.74, 6) is -0.460. The van der Waals surface area contributed by atoms with Crippen LogP contribution in [0.5, 0.6) is 0 Å². The first kappa shape index (κ1) is 23.2. The third kappa shape index (κ3) is 4.31. The Labute approximate surface area is 208 Å². The number of nitrogens with one attached hydrogen (secondary N) is 1. The predicted octanol–water partition coefficient (Wildman–Crippen LogP) is 4.38. The summed E-state index contributed by atoms with van der Waals surface area (Å²) < 4.78 is 15.0. The van der Waals surface area contributed by atoms with Gasteiger partial charge in [-0.15, -0.1) is 0 Å². The number of rotatable bonds is 8. The Morgan fingerprint density at radius 1 is 0.800 bits per heavy atom. The van der Waals surface area contributed by atoms with Gasteiger partial charge in [0.2, 0.25) is 0 Å². The van der Waals surface area contributed by atoms with E-state index in [1.165, 1.54) is 4.90 Å². The number of anilines is 1. The first-order valence-electron chi connectivity index (χ1n) is 11.8. The second-order valence-corrected chi connectivity index (χ2v) is 11.6. The Hall–Kier alpha value is -3.60. The van der Waals surface area contributed by atoms with Crippen LogP contribution in [-0.4, -0.2) is 37.1 Å². The molecule has 1 aliphatic rings. The minimum atomic E-state index is -2.41. The molecule has 0 aromatic heterocycles. The second-order valence-electron chi connectivity index (χ2n) is 8.55. The molecule has 176 valence electrons. The quantitative estimate of drug-likeness (QED) is 0.272. The van der Waals surface area contributed by atoms with Gasteiger partial charge in [-0.2, -0.15) is 0 Å². The Morgan fingerprint density at radius 3 is 2.29 bits per heavy atom. The van der Waals surface area contributed by atoms with E-state index < -0.39 is 13.8 Å². The van der Waals surface area contributed by atoms with Crippen molar-refractivity contribution in [2.24, 2.45) is 0 Å². The predicted molar refractivity (Wildman–Crippen MR) is 140 cm³/mol. The average Bonchev–Trinajstić information content (AvgIpc) is 2.91. The summed E-state index contributed by atoms with van der Waals surface area (Å²) in [6.07, 6.45) is 1.70. The first-order chi connectivity index (χ1) is 17.1. The molecule has 1 unspecified atom stereocenters. The van der Waals surface area contributed by atoms with E-state index in [4.69, 9.17) is 0 Å². The molecule has 5 rings (SSSR count). The van der Waals surface area contributed by atoms with Crippen LogP contribution >= 0.6 is 0 Å². The van der Waals surface area contributed by atoms with Gasteiger partial charge in [-0.1, -0.05) is 13.3 Å². The molecular formula is C29H26N2O3Se. The van der Waals surface area contributed by atoms with Crippen LogP contribution in [-0.2, 0) is 10.4 Å². The van der Waals surface area contributed by atoms with Crippen LogP contribution in [0.15, 0.2) is 84.9 Å². The van der Waals surface area contributed by atoms with E-state index in [9.17, 15) is 13.4 Å². The van der Waals surface area contributed by atoms with Crippen LogP contribution in [0.1, 0.15) is 46.0 Å². The normalized spacial score (nSPS) is 13.8. The molecule has 1 N–H and O–H groups in total. The van der Waals surface area contributed by atoms with Gasteiger partial charge in [0.25, 0.3) is 0 Å². The van der Waals surface area contributed by atoms with E-state index in [1.54, 1.807) is 6.07 Å². The number of carbonyl (C=O) groups excluding carboxylic acids is 2. The summed E-state index contributed by atoms with van der Waals surface area (Å²) >= 11 is -2.41. The third-order valence-corrected chi connectivity index (χ3v) is 9.47. The summed E-state index contributed by atoms with van der Waals surface area (Å²) in [5, 5.41) is 5.02. The van der Waals surface area contributed by atoms with Crippen molar-refractivity contribution >= 4 is 51.0 Å². The molecule has 0 radical (unpaired) electrons. The van der Waals surface area contributed by atoms with Gasteiger partial charge in [-0.3, -0.25) is 0 Å². The third-order valence-electron chi connectivity index (χ3n) is 6.33. The van der Waals surface area contributed by atoms with Crippen molar-refractivity contribution in [3.05, 3.63) is 102 Å². The molecule has 0 saturated heterocycles. The molecule has 0 aliphatic carbocycles. The summed E-state index contributed by atoms with van der Waals surface area (Å²) in [6, 6.07) is 26.7. The molecule has 4 aromatic rings. The molecular weight excluding hydrogens is 503 g/mol. The maximum absolute atomic E-state index is 13.3. The van der Waals surface area contributed by atoms with E-state index in [0.29, 0.717) is 29.6 Å². The number of benzene rings is 4. The molecule has 4 aromatic carbocycles. The summed E-state index contributed by atoms with van der Waals surface area (Å²) in [5.41, 5.74) is 2.93. The van der Waals surface area contributed by atoms with Crippen molar-refractivity contribution < 1.29 is 13.4 Å². The van der Waals surface area contributed by atoms with Gasteiger partial charge in [0.15, 0.2) is 0 Å². The van der Waals surface area contributed by atoms with E-state index in [2.05, 4.69) is 5.32 Å². The van der Waals surface area contributed by atoms with Crippen LogP contribution < -0.4 is 14.2 Å². The zero-order chi connectivity index (χ0) is 24.4. The molecule has 1 heterocycles. The molecule has 0 spiro atoms. The van der Waals surface area contributed by atoms with E-state index in [-0.39, 0.29) is 11.8 Å². The van der Waals surface area contributed by atoms with Crippen LogP contribution in [0, 0.1) is 0 Å². The molecule has 0 saturated carbocycles. The molecule has 0 bridgehead atoms. The van der Waals surface area contributed by atoms with E-state index in [1.807, 2.05) is 85.8 Å². The van der Waals surface area contributed by atoms with Crippen molar-refractivity contribution in [3.8, 4) is 0 Å². The molecule has 6 heteroatoms. The molecule has 1 aliphatic heterocycles. The van der Waals surface area contributed by atoms with Gasteiger partial charge in [0.05, 0.1) is 0 Å². The van der Waals surface area contributed by atoms with Crippen LogP contribution in [0.4, 0.5) is 5.69 Å². The zero-order valence-electron chi connectivity index (χ0n) is 19.5. The van der Waals surface area contributed by atoms with Crippen molar-refractivity contribution in [1.29, 1.82) is 0 Å². The van der Waals surface area contributed by atoms with Crippen molar-refractivity contribution in [2.45, 2.75) is 26.3 Å². The second kappa shape index (κ2) is 9.95. The standard InChI is InChI=1S/C29H26N2O3Se/c1-2-3-18-31-28(32)23-14-9-13-22-25(17-16-24(27(22)23)29(31)33)30-19-20-10-7-8-15-26(20)35(34)21-11-5-4-6-12-21/h4-17,30H,2-3,18-19H2,1H3. The number of carbonyl (C=O) groups is 2. The number of hydrogen-bond donors (Lipinski definition) is 1. The fourth-order valence-corrected chi connectivity index (χ4v) is 7.11. The molecule has 5 nitrogen and oxygen atoms in total. The van der Waals surface area contributed by atoms with Crippen molar-refractivity contribution in [1.82, 2.24) is 4.90 Å². The Kier molecular flexibility index (Phi) is 6.58. The van der Waals surface area contributed by atoms with Crippen LogP contribution in [0.3, 0.4) is 0 Å². The van der Waals surface area contributed by atoms with Gasteiger partial charge in [-0.25, -0.2) is 0 Å². The van der Waals surface area contributed by atoms with Gasteiger partial charge in [0.1, 0.15) is 0 Å². The van der Waals surface area contributed by atoms with Crippen molar-refractivity contribution in [2.75, 3.05) is 11.9 Å². The molecule has 2 amide bonds. The summed E-state index contributed by atoms with van der Waals surface area (Å²) in [7, 11) is 0. The number of unbranched alkanes of at least 4 members (excludes halogenated alkanes) is 1. The van der Waals surface area contributed by atoms with Crippen molar-refractivity contribution in [3.63, 3.8) is 0 Å². The molecule has 0 fully saturated rings. The zero-order valence-corrected chi connectivity index (χ0v) is 21.2. The molecule has 1 atom stereocenters. The minimum absolute atomic E-state index is 0.230. The number of hydrogen-bond acceptors (Lipinski definition) is 4. The number of amides is 2. The Balaban J connectivity index is 1.47. The average molecular weight is 529 g/mol. The summed E-state index contributed by atoms with van der Waals surface area (Å²) in [4.78, 5) is 27.6. The van der Waals surface area contributed by atoms with Gasteiger partial charge >= 0.3 is 196 Å². The van der Waals surface area contributed by atoms with Crippen LogP contribution in [0.2, 0.25) is 0 Å². The fraction of sp³-hybridized carbons (Fsp3) is 0.172. The van der Waals surface area contributed by atoms with E-state index in [0.717, 1.165) is 38.4 Å². The maximum atomic E-state index is 13.3. The van der Waals surface area contributed by atoms with Gasteiger partial charge in [0, 0.05) is 0 Å². The Morgan fingerprint density at radius 2 is 1.51 bits per heavy atom. The SMILES string of the molecule is CCCCN1C(=O)c2cccc3c(NCc4ccccc4[Se](=O)c4ccccc4)ccc(c23)C1=O. The molecule has 35 heavy (non-hydrogen) atoms.